The van der Waals surface area contributed by atoms with Gasteiger partial charge in [0.15, 0.2) is 0 Å². The summed E-state index contributed by atoms with van der Waals surface area (Å²) in [5.41, 5.74) is -1.36. The molecule has 0 radical (unpaired) electrons. The van der Waals surface area contributed by atoms with Gasteiger partial charge in [-0.3, -0.25) is 0 Å². The summed E-state index contributed by atoms with van der Waals surface area (Å²) in [6.07, 6.45) is 0. The van der Waals surface area contributed by atoms with E-state index < -0.39 is 5.43 Å². The zero-order valence-corrected chi connectivity index (χ0v) is 6.40. The molecule has 9 heavy (non-hydrogen) atoms. The number of hydrogen-bond acceptors (Lipinski definition) is 2. The van der Waals surface area contributed by atoms with Crippen molar-refractivity contribution < 1.29 is 9.90 Å². The lowest BCUT2D eigenvalue weighted by Gasteiger charge is -1.86. The Morgan fingerprint density at radius 1 is 1.56 bits per heavy atom. The molecule has 0 saturated carbocycles. The van der Waals surface area contributed by atoms with E-state index in [4.69, 9.17) is 9.90 Å². The number of rotatable bonds is 2. The van der Waals surface area contributed by atoms with Gasteiger partial charge in [0, 0.05) is 11.6 Å². The second-order valence-corrected chi connectivity index (χ2v) is 1.53. The molecule has 3 nitrogen and oxygen atoms in total. The van der Waals surface area contributed by atoms with Crippen LogP contribution in [0.5, 0.6) is 0 Å². The van der Waals surface area contributed by atoms with Crippen molar-refractivity contribution in [2.24, 2.45) is 0 Å². The largest absolute Gasteiger partial charge is 0.469 e. The Balaban J connectivity index is 0. The van der Waals surface area contributed by atoms with Gasteiger partial charge in [-0.05, 0) is 13.1 Å². The van der Waals surface area contributed by atoms with Crippen LogP contribution < -0.4 is 5.32 Å². The molecule has 0 aromatic heterocycles. The fourth-order valence-corrected chi connectivity index (χ4v) is 0.250. The van der Waals surface area contributed by atoms with Crippen LogP contribution in [-0.4, -0.2) is 23.6 Å². The van der Waals surface area contributed by atoms with Gasteiger partial charge < -0.3 is 10.4 Å². The molecule has 0 atom stereocenters. The SMILES string of the molecule is CCNCC.O=C(O)Cl. The van der Waals surface area contributed by atoms with E-state index in [9.17, 15) is 0 Å². The van der Waals surface area contributed by atoms with Gasteiger partial charge in [0.25, 0.3) is 0 Å². The van der Waals surface area contributed by atoms with Crippen LogP contribution in [0.15, 0.2) is 0 Å². The highest BCUT2D eigenvalue weighted by atomic mass is 35.5. The van der Waals surface area contributed by atoms with Crippen LogP contribution in [0.4, 0.5) is 4.79 Å². The minimum Gasteiger partial charge on any atom is -0.469 e. The summed E-state index contributed by atoms with van der Waals surface area (Å²) in [6, 6.07) is 0. The summed E-state index contributed by atoms with van der Waals surface area (Å²) < 4.78 is 0. The Kier molecular flexibility index (Phi) is 13.6. The van der Waals surface area contributed by atoms with Gasteiger partial charge >= 0.3 is 5.43 Å². The van der Waals surface area contributed by atoms with Crippen molar-refractivity contribution in [3.8, 4) is 0 Å². The number of carboxylic acid groups (broad SMARTS) is 1. The normalized spacial score (nSPS) is 7.44. The zero-order valence-electron chi connectivity index (χ0n) is 5.65. The van der Waals surface area contributed by atoms with E-state index in [2.05, 4.69) is 30.8 Å². The van der Waals surface area contributed by atoms with Crippen molar-refractivity contribution in [2.45, 2.75) is 13.8 Å². The molecule has 56 valence electrons. The van der Waals surface area contributed by atoms with E-state index >= 15 is 0 Å². The Labute approximate surface area is 60.0 Å². The third-order valence-corrected chi connectivity index (χ3v) is 0.500. The Bertz CT molecular complexity index is 62.0. The maximum atomic E-state index is 8.77. The molecule has 0 amide bonds. The van der Waals surface area contributed by atoms with Gasteiger partial charge in [-0.2, -0.15) is 0 Å². The predicted octanol–water partition coefficient (Wildman–Crippen LogP) is 1.52. The number of nitrogens with one attached hydrogen (secondary N) is 1. The molecule has 0 aromatic rings. The predicted molar refractivity (Wildman–Crippen MR) is 38.1 cm³/mol. The summed E-state index contributed by atoms with van der Waals surface area (Å²) >= 11 is 4.19. The topological polar surface area (TPSA) is 49.3 Å². The van der Waals surface area contributed by atoms with Gasteiger partial charge in [-0.15, -0.1) is 0 Å². The average molecular weight is 154 g/mol. The summed E-state index contributed by atoms with van der Waals surface area (Å²) in [5.74, 6) is 0. The molecule has 0 saturated heterocycles. The molecule has 0 rings (SSSR count). The van der Waals surface area contributed by atoms with Crippen molar-refractivity contribution in [3.05, 3.63) is 0 Å². The summed E-state index contributed by atoms with van der Waals surface area (Å²) in [4.78, 5) is 8.77. The molecule has 0 spiro atoms. The lowest BCUT2D eigenvalue weighted by atomic mass is 10.7. The molecule has 0 aliphatic carbocycles. The molecule has 0 aliphatic rings. The van der Waals surface area contributed by atoms with E-state index in [-0.39, 0.29) is 0 Å². The molecule has 0 heterocycles. The van der Waals surface area contributed by atoms with Crippen molar-refractivity contribution in [1.29, 1.82) is 0 Å². The maximum Gasteiger partial charge on any atom is 0.401 e. The van der Waals surface area contributed by atoms with Crippen LogP contribution in [0.25, 0.3) is 0 Å². The van der Waals surface area contributed by atoms with Crippen LogP contribution in [0.1, 0.15) is 13.8 Å². The first-order chi connectivity index (χ1) is 4.15. The second-order valence-electron chi connectivity index (χ2n) is 1.21. The van der Waals surface area contributed by atoms with E-state index in [1.165, 1.54) is 0 Å². The highest BCUT2D eigenvalue weighted by Crippen LogP contribution is 1.67. The molecule has 0 aromatic carbocycles. The fourth-order valence-electron chi connectivity index (χ4n) is 0.250. The smallest absolute Gasteiger partial charge is 0.401 e. The first kappa shape index (κ1) is 11.5. The minimum absolute atomic E-state index is 1.09. The highest BCUT2D eigenvalue weighted by Gasteiger charge is 1.71. The molecular weight excluding hydrogens is 142 g/mol. The maximum absolute atomic E-state index is 8.77. The first-order valence-corrected chi connectivity index (χ1v) is 3.12. The van der Waals surface area contributed by atoms with Crippen molar-refractivity contribution in [3.63, 3.8) is 0 Å². The third-order valence-electron chi connectivity index (χ3n) is 0.500. The molecule has 0 fully saturated rings. The van der Waals surface area contributed by atoms with Gasteiger partial charge in [0.05, 0.1) is 0 Å². The van der Waals surface area contributed by atoms with E-state index in [0.29, 0.717) is 0 Å². The Morgan fingerprint density at radius 2 is 1.78 bits per heavy atom. The molecule has 0 unspecified atom stereocenters. The standard InChI is InChI=1S/C4H11N.CHClO2/c1-3-5-4-2;2-1(3)4/h5H,3-4H2,1-2H3;(H,3,4). The quantitative estimate of drug-likeness (QED) is 0.592. The van der Waals surface area contributed by atoms with Gasteiger partial charge in [0.1, 0.15) is 0 Å². The molecule has 2 N–H and O–H groups in total. The van der Waals surface area contributed by atoms with Crippen LogP contribution in [0.2, 0.25) is 0 Å². The van der Waals surface area contributed by atoms with Crippen LogP contribution >= 0.6 is 11.6 Å². The summed E-state index contributed by atoms with van der Waals surface area (Å²) in [7, 11) is 0. The summed E-state index contributed by atoms with van der Waals surface area (Å²) in [6.45, 7) is 6.39. The van der Waals surface area contributed by atoms with Crippen LogP contribution in [-0.2, 0) is 0 Å². The van der Waals surface area contributed by atoms with Crippen molar-refractivity contribution in [2.75, 3.05) is 13.1 Å². The second kappa shape index (κ2) is 10.7. The lowest BCUT2D eigenvalue weighted by Crippen LogP contribution is -2.09. The first-order valence-electron chi connectivity index (χ1n) is 2.74. The van der Waals surface area contributed by atoms with Gasteiger partial charge in [0.2, 0.25) is 0 Å². The Hall–Kier alpha value is -0.280. The Morgan fingerprint density at radius 3 is 1.78 bits per heavy atom. The van der Waals surface area contributed by atoms with Gasteiger partial charge in [-0.25, -0.2) is 4.79 Å². The lowest BCUT2D eigenvalue weighted by molar-refractivity contribution is 0.220. The molecule has 0 aliphatic heterocycles. The molecular formula is C5H12ClNO2. The van der Waals surface area contributed by atoms with Crippen LogP contribution in [0.3, 0.4) is 0 Å². The summed E-state index contributed by atoms with van der Waals surface area (Å²) in [5, 5.41) is 10.3. The average Bonchev–Trinajstić information content (AvgIpc) is 1.66. The van der Waals surface area contributed by atoms with E-state index in [0.717, 1.165) is 13.1 Å². The van der Waals surface area contributed by atoms with Gasteiger partial charge in [-0.1, -0.05) is 13.8 Å². The van der Waals surface area contributed by atoms with Crippen LogP contribution in [0, 0.1) is 0 Å². The fraction of sp³-hybridized carbons (Fsp3) is 0.800. The number of hydrogen-bond donors (Lipinski definition) is 2. The zero-order chi connectivity index (χ0) is 7.70. The number of carbonyl (C=O) groups is 1. The minimum atomic E-state index is -1.36. The van der Waals surface area contributed by atoms with Crippen molar-refractivity contribution in [1.82, 2.24) is 5.32 Å². The van der Waals surface area contributed by atoms with E-state index in [1.807, 2.05) is 0 Å². The molecule has 4 heteroatoms. The van der Waals surface area contributed by atoms with Crippen molar-refractivity contribution >= 4 is 17.0 Å². The third kappa shape index (κ3) is 85.4. The monoisotopic (exact) mass is 153 g/mol. The highest BCUT2D eigenvalue weighted by molar-refractivity contribution is 6.60. The molecule has 0 bridgehead atoms. The number of halogens is 1. The van der Waals surface area contributed by atoms with E-state index in [1.54, 1.807) is 0 Å².